The van der Waals surface area contributed by atoms with E-state index >= 15 is 0 Å². The van der Waals surface area contributed by atoms with Crippen molar-refractivity contribution in [3.8, 4) is 0 Å². The summed E-state index contributed by atoms with van der Waals surface area (Å²) >= 11 is 0. The van der Waals surface area contributed by atoms with Crippen LogP contribution in [0.4, 0.5) is 4.39 Å². The van der Waals surface area contributed by atoms with Crippen molar-refractivity contribution in [2.75, 3.05) is 26.2 Å². The number of benzene rings is 1. The van der Waals surface area contributed by atoms with E-state index in [4.69, 9.17) is 5.73 Å². The van der Waals surface area contributed by atoms with Gasteiger partial charge in [0.25, 0.3) is 0 Å². The van der Waals surface area contributed by atoms with E-state index < -0.39 is 11.9 Å². The highest BCUT2D eigenvalue weighted by Gasteiger charge is 2.26. The first-order valence-corrected chi connectivity index (χ1v) is 5.68. The predicted molar refractivity (Wildman–Crippen MR) is 62.8 cm³/mol. The SMILES string of the molecule is NC(=O)C(c1ccc(F)cc1)N1CCNCC1. The third-order valence-corrected chi connectivity index (χ3v) is 2.97. The molecule has 0 bridgehead atoms. The topological polar surface area (TPSA) is 58.4 Å². The molecule has 92 valence electrons. The maximum atomic E-state index is 12.9. The van der Waals surface area contributed by atoms with E-state index in [-0.39, 0.29) is 5.82 Å². The first-order valence-electron chi connectivity index (χ1n) is 5.68. The number of hydrogen-bond donors (Lipinski definition) is 2. The molecule has 1 aliphatic rings. The number of amides is 1. The quantitative estimate of drug-likeness (QED) is 0.792. The summed E-state index contributed by atoms with van der Waals surface area (Å²) in [5, 5.41) is 3.22. The Morgan fingerprint density at radius 3 is 2.41 bits per heavy atom. The molecular formula is C12H16FN3O. The molecule has 1 aliphatic heterocycles. The van der Waals surface area contributed by atoms with Gasteiger partial charge in [-0.1, -0.05) is 12.1 Å². The first-order chi connectivity index (χ1) is 8.18. The lowest BCUT2D eigenvalue weighted by atomic mass is 10.0. The molecular weight excluding hydrogens is 221 g/mol. The maximum absolute atomic E-state index is 12.9. The highest BCUT2D eigenvalue weighted by atomic mass is 19.1. The van der Waals surface area contributed by atoms with E-state index in [0.717, 1.165) is 31.7 Å². The van der Waals surface area contributed by atoms with Gasteiger partial charge in [0, 0.05) is 26.2 Å². The van der Waals surface area contributed by atoms with Crippen molar-refractivity contribution < 1.29 is 9.18 Å². The average Bonchev–Trinajstić information content (AvgIpc) is 2.33. The number of nitrogens with zero attached hydrogens (tertiary/aromatic N) is 1. The summed E-state index contributed by atoms with van der Waals surface area (Å²) in [4.78, 5) is 13.6. The van der Waals surface area contributed by atoms with Crippen LogP contribution in [-0.4, -0.2) is 37.0 Å². The van der Waals surface area contributed by atoms with Gasteiger partial charge in [-0.2, -0.15) is 0 Å². The first kappa shape index (κ1) is 12.0. The molecule has 0 aliphatic carbocycles. The molecule has 0 radical (unpaired) electrons. The maximum Gasteiger partial charge on any atom is 0.239 e. The van der Waals surface area contributed by atoms with Crippen LogP contribution in [0.3, 0.4) is 0 Å². The molecule has 1 atom stereocenters. The second-order valence-corrected chi connectivity index (χ2v) is 4.14. The molecule has 4 nitrogen and oxygen atoms in total. The highest BCUT2D eigenvalue weighted by molar-refractivity contribution is 5.81. The van der Waals surface area contributed by atoms with Crippen LogP contribution in [0, 0.1) is 5.82 Å². The van der Waals surface area contributed by atoms with Crippen LogP contribution in [0.25, 0.3) is 0 Å². The number of nitrogens with one attached hydrogen (secondary N) is 1. The molecule has 0 aromatic heterocycles. The molecule has 1 saturated heterocycles. The van der Waals surface area contributed by atoms with E-state index in [1.165, 1.54) is 12.1 Å². The fourth-order valence-corrected chi connectivity index (χ4v) is 2.14. The molecule has 0 spiro atoms. The van der Waals surface area contributed by atoms with Gasteiger partial charge in [-0.3, -0.25) is 9.69 Å². The van der Waals surface area contributed by atoms with Crippen LogP contribution >= 0.6 is 0 Å². The summed E-state index contributed by atoms with van der Waals surface area (Å²) in [7, 11) is 0. The molecule has 5 heteroatoms. The Hall–Kier alpha value is -1.46. The molecule has 1 aromatic rings. The number of carbonyl (C=O) groups is 1. The van der Waals surface area contributed by atoms with Crippen molar-refractivity contribution in [2.24, 2.45) is 5.73 Å². The Kier molecular flexibility index (Phi) is 3.71. The minimum atomic E-state index is -0.460. The smallest absolute Gasteiger partial charge is 0.239 e. The fourth-order valence-electron chi connectivity index (χ4n) is 2.14. The van der Waals surface area contributed by atoms with E-state index in [2.05, 4.69) is 5.32 Å². The third kappa shape index (κ3) is 2.81. The van der Waals surface area contributed by atoms with Gasteiger partial charge in [-0.25, -0.2) is 4.39 Å². The molecule has 0 saturated carbocycles. The normalized spacial score (nSPS) is 18.9. The Balaban J connectivity index is 2.21. The Bertz CT molecular complexity index is 387. The van der Waals surface area contributed by atoms with Crippen molar-refractivity contribution in [3.05, 3.63) is 35.6 Å². The highest BCUT2D eigenvalue weighted by Crippen LogP contribution is 2.21. The van der Waals surface area contributed by atoms with Crippen molar-refractivity contribution >= 4 is 5.91 Å². The Morgan fingerprint density at radius 1 is 1.29 bits per heavy atom. The number of rotatable bonds is 3. The van der Waals surface area contributed by atoms with Gasteiger partial charge < -0.3 is 11.1 Å². The van der Waals surface area contributed by atoms with Crippen molar-refractivity contribution in [2.45, 2.75) is 6.04 Å². The summed E-state index contributed by atoms with van der Waals surface area (Å²) in [6.45, 7) is 3.21. The van der Waals surface area contributed by atoms with Gasteiger partial charge >= 0.3 is 0 Å². The summed E-state index contributed by atoms with van der Waals surface area (Å²) in [6.07, 6.45) is 0. The van der Waals surface area contributed by atoms with Crippen LogP contribution in [0.5, 0.6) is 0 Å². The standard InChI is InChI=1S/C12H16FN3O/c13-10-3-1-9(2-4-10)11(12(14)17)16-7-5-15-6-8-16/h1-4,11,15H,5-8H2,(H2,14,17). The number of nitrogens with two attached hydrogens (primary N) is 1. The molecule has 2 rings (SSSR count). The zero-order valence-electron chi connectivity index (χ0n) is 9.53. The number of carbonyl (C=O) groups excluding carboxylic acids is 1. The van der Waals surface area contributed by atoms with Gasteiger partial charge in [0.2, 0.25) is 5.91 Å². The van der Waals surface area contributed by atoms with Crippen LogP contribution in [-0.2, 0) is 4.79 Å². The second kappa shape index (κ2) is 5.25. The van der Waals surface area contributed by atoms with Crippen LogP contribution in [0.2, 0.25) is 0 Å². The monoisotopic (exact) mass is 237 g/mol. The summed E-state index contributed by atoms with van der Waals surface area (Å²) < 4.78 is 12.9. The molecule has 1 fully saturated rings. The second-order valence-electron chi connectivity index (χ2n) is 4.14. The Labute approximate surface area is 99.6 Å². The number of hydrogen-bond acceptors (Lipinski definition) is 3. The van der Waals surface area contributed by atoms with E-state index in [1.54, 1.807) is 12.1 Å². The van der Waals surface area contributed by atoms with Crippen molar-refractivity contribution in [1.82, 2.24) is 10.2 Å². The lowest BCUT2D eigenvalue weighted by Crippen LogP contribution is -2.48. The summed E-state index contributed by atoms with van der Waals surface area (Å²) in [6, 6.07) is 5.48. The average molecular weight is 237 g/mol. The van der Waals surface area contributed by atoms with Gasteiger partial charge in [0.05, 0.1) is 0 Å². The van der Waals surface area contributed by atoms with E-state index in [9.17, 15) is 9.18 Å². The zero-order chi connectivity index (χ0) is 12.3. The largest absolute Gasteiger partial charge is 0.368 e. The molecule has 1 unspecified atom stereocenters. The van der Waals surface area contributed by atoms with Gasteiger partial charge in [-0.15, -0.1) is 0 Å². The lowest BCUT2D eigenvalue weighted by Gasteiger charge is -2.33. The molecule has 1 heterocycles. The minimum Gasteiger partial charge on any atom is -0.368 e. The third-order valence-electron chi connectivity index (χ3n) is 2.97. The molecule has 1 amide bonds. The minimum absolute atomic E-state index is 0.308. The van der Waals surface area contributed by atoms with E-state index in [1.807, 2.05) is 4.90 Å². The van der Waals surface area contributed by atoms with Gasteiger partial charge in [0.1, 0.15) is 11.9 Å². The number of primary amides is 1. The lowest BCUT2D eigenvalue weighted by molar-refractivity contribution is -0.123. The summed E-state index contributed by atoms with van der Waals surface area (Å²) in [5.74, 6) is -0.698. The zero-order valence-corrected chi connectivity index (χ0v) is 9.53. The van der Waals surface area contributed by atoms with Crippen molar-refractivity contribution in [3.63, 3.8) is 0 Å². The number of halogens is 1. The molecule has 17 heavy (non-hydrogen) atoms. The van der Waals surface area contributed by atoms with Crippen molar-refractivity contribution in [1.29, 1.82) is 0 Å². The van der Waals surface area contributed by atoms with Gasteiger partial charge in [-0.05, 0) is 17.7 Å². The number of piperazine rings is 1. The predicted octanol–water partition coefficient (Wildman–Crippen LogP) is 0.257. The molecule has 1 aromatic carbocycles. The van der Waals surface area contributed by atoms with Gasteiger partial charge in [0.15, 0.2) is 0 Å². The fraction of sp³-hybridized carbons (Fsp3) is 0.417. The summed E-state index contributed by atoms with van der Waals surface area (Å²) in [5.41, 5.74) is 6.19. The van der Waals surface area contributed by atoms with Crippen LogP contribution in [0.1, 0.15) is 11.6 Å². The Morgan fingerprint density at radius 2 is 1.88 bits per heavy atom. The molecule has 3 N–H and O–H groups in total. The van der Waals surface area contributed by atoms with E-state index in [0.29, 0.717) is 0 Å². The van der Waals surface area contributed by atoms with Crippen LogP contribution < -0.4 is 11.1 Å². The van der Waals surface area contributed by atoms with Crippen LogP contribution in [0.15, 0.2) is 24.3 Å².